The van der Waals surface area contributed by atoms with E-state index in [1.807, 2.05) is 0 Å². The summed E-state index contributed by atoms with van der Waals surface area (Å²) in [6.07, 6.45) is 5.23. The molecule has 3 fully saturated rings. The molecule has 15 heavy (non-hydrogen) atoms. The Morgan fingerprint density at radius 1 is 1.20 bits per heavy atom. The molecule has 2 N–H and O–H groups in total. The van der Waals surface area contributed by atoms with Gasteiger partial charge in [0, 0.05) is 5.92 Å². The summed E-state index contributed by atoms with van der Waals surface area (Å²) >= 11 is 0. The van der Waals surface area contributed by atoms with Crippen LogP contribution < -0.4 is 0 Å². The van der Waals surface area contributed by atoms with Gasteiger partial charge in [0.1, 0.15) is 0 Å². The van der Waals surface area contributed by atoms with Gasteiger partial charge in [-0.2, -0.15) is 0 Å². The summed E-state index contributed by atoms with van der Waals surface area (Å²) in [6, 6.07) is 0. The van der Waals surface area contributed by atoms with Crippen LogP contribution in [-0.2, 0) is 4.79 Å². The molecular formula is C12H18O3. The highest BCUT2D eigenvalue weighted by atomic mass is 16.4. The van der Waals surface area contributed by atoms with E-state index in [9.17, 15) is 15.0 Å². The number of fused-ring (bicyclic) bond motifs is 1. The lowest BCUT2D eigenvalue weighted by Crippen LogP contribution is -2.41. The van der Waals surface area contributed by atoms with Crippen molar-refractivity contribution in [2.24, 2.45) is 23.2 Å². The van der Waals surface area contributed by atoms with E-state index in [2.05, 4.69) is 0 Å². The molecule has 3 rings (SSSR count). The number of rotatable bonds is 2. The summed E-state index contributed by atoms with van der Waals surface area (Å²) in [7, 11) is 0. The van der Waals surface area contributed by atoms with Crippen molar-refractivity contribution in [3.8, 4) is 0 Å². The molecule has 3 nitrogen and oxygen atoms in total. The Hall–Kier alpha value is -0.570. The standard InChI is InChI=1S/C12H18O3/c13-10-3-1-2-9(10)12(11(14)15)5-7-4-8(7)6-12/h7-10,13H,1-6H2,(H,14,15). The molecule has 0 amide bonds. The minimum absolute atomic E-state index is 0.0304. The van der Waals surface area contributed by atoms with Crippen molar-refractivity contribution < 1.29 is 15.0 Å². The SMILES string of the molecule is O=C(O)C1(C2CCCC2O)CC2CC2C1. The third kappa shape index (κ3) is 1.25. The van der Waals surface area contributed by atoms with Crippen molar-refractivity contribution in [1.29, 1.82) is 0 Å². The number of aliphatic hydroxyl groups is 1. The summed E-state index contributed by atoms with van der Waals surface area (Å²) < 4.78 is 0. The molecule has 84 valence electrons. The van der Waals surface area contributed by atoms with Crippen LogP contribution in [-0.4, -0.2) is 22.3 Å². The molecule has 0 bridgehead atoms. The zero-order chi connectivity index (χ0) is 10.6. The van der Waals surface area contributed by atoms with Crippen LogP contribution in [0.2, 0.25) is 0 Å². The second kappa shape index (κ2) is 2.97. The lowest BCUT2D eigenvalue weighted by molar-refractivity contribution is -0.155. The minimum atomic E-state index is -0.652. The summed E-state index contributed by atoms with van der Waals surface area (Å²) in [6.45, 7) is 0. The van der Waals surface area contributed by atoms with Gasteiger partial charge in [-0.3, -0.25) is 4.79 Å². The normalized spacial score (nSPS) is 52.9. The lowest BCUT2D eigenvalue weighted by atomic mass is 9.70. The zero-order valence-electron chi connectivity index (χ0n) is 8.85. The molecule has 0 aromatic rings. The van der Waals surface area contributed by atoms with Crippen LogP contribution in [0.5, 0.6) is 0 Å². The maximum atomic E-state index is 11.5. The third-order valence-electron chi connectivity index (χ3n) is 4.94. The summed E-state index contributed by atoms with van der Waals surface area (Å²) in [5.41, 5.74) is -0.566. The molecule has 3 heteroatoms. The van der Waals surface area contributed by atoms with Gasteiger partial charge in [-0.1, -0.05) is 6.42 Å². The monoisotopic (exact) mass is 210 g/mol. The number of carboxylic acids is 1. The maximum absolute atomic E-state index is 11.5. The minimum Gasteiger partial charge on any atom is -0.481 e. The van der Waals surface area contributed by atoms with Crippen LogP contribution in [0.4, 0.5) is 0 Å². The first-order chi connectivity index (χ1) is 7.13. The summed E-state index contributed by atoms with van der Waals surface area (Å²) in [5, 5.41) is 19.4. The molecule has 3 saturated carbocycles. The van der Waals surface area contributed by atoms with Gasteiger partial charge < -0.3 is 10.2 Å². The van der Waals surface area contributed by atoms with E-state index in [4.69, 9.17) is 0 Å². The van der Waals surface area contributed by atoms with E-state index in [-0.39, 0.29) is 12.0 Å². The van der Waals surface area contributed by atoms with Crippen LogP contribution in [0.3, 0.4) is 0 Å². The van der Waals surface area contributed by atoms with E-state index >= 15 is 0 Å². The maximum Gasteiger partial charge on any atom is 0.310 e. The Kier molecular flexibility index (Phi) is 1.91. The van der Waals surface area contributed by atoms with Gasteiger partial charge in [0.25, 0.3) is 0 Å². The van der Waals surface area contributed by atoms with Crippen molar-refractivity contribution in [2.75, 3.05) is 0 Å². The predicted molar refractivity (Wildman–Crippen MR) is 54.2 cm³/mol. The van der Waals surface area contributed by atoms with Gasteiger partial charge in [-0.25, -0.2) is 0 Å². The fourth-order valence-electron chi connectivity index (χ4n) is 4.05. The van der Waals surface area contributed by atoms with Crippen molar-refractivity contribution in [2.45, 2.75) is 44.6 Å². The van der Waals surface area contributed by atoms with Crippen LogP contribution in [0, 0.1) is 23.2 Å². The molecule has 0 aromatic heterocycles. The Morgan fingerprint density at radius 2 is 1.87 bits per heavy atom. The Bertz CT molecular complexity index is 289. The average molecular weight is 210 g/mol. The number of hydrogen-bond acceptors (Lipinski definition) is 2. The lowest BCUT2D eigenvalue weighted by Gasteiger charge is -2.34. The topological polar surface area (TPSA) is 57.5 Å². The highest BCUT2D eigenvalue weighted by Crippen LogP contribution is 2.64. The van der Waals surface area contributed by atoms with Gasteiger partial charge in [0.05, 0.1) is 11.5 Å². The molecule has 0 aliphatic heterocycles. The van der Waals surface area contributed by atoms with E-state index in [0.717, 1.165) is 32.1 Å². The van der Waals surface area contributed by atoms with Crippen molar-refractivity contribution in [3.63, 3.8) is 0 Å². The molecule has 0 heterocycles. The predicted octanol–water partition coefficient (Wildman–Crippen LogP) is 1.65. The molecule has 4 unspecified atom stereocenters. The fraction of sp³-hybridized carbons (Fsp3) is 0.917. The van der Waals surface area contributed by atoms with E-state index in [1.54, 1.807) is 0 Å². The van der Waals surface area contributed by atoms with Crippen LogP contribution in [0.1, 0.15) is 38.5 Å². The first kappa shape index (κ1) is 9.64. The number of carboxylic acid groups (broad SMARTS) is 1. The van der Waals surface area contributed by atoms with Gasteiger partial charge >= 0.3 is 5.97 Å². The molecule has 0 saturated heterocycles. The Labute approximate surface area is 89.5 Å². The first-order valence-corrected chi connectivity index (χ1v) is 6.05. The highest BCUT2D eigenvalue weighted by molar-refractivity contribution is 5.76. The van der Waals surface area contributed by atoms with Gasteiger partial charge in [0.15, 0.2) is 0 Å². The summed E-state index contributed by atoms with van der Waals surface area (Å²) in [5.74, 6) is 0.700. The Balaban J connectivity index is 1.87. The molecule has 4 atom stereocenters. The number of hydrogen-bond donors (Lipinski definition) is 2. The molecule has 3 aliphatic carbocycles. The second-order valence-corrected chi connectivity index (χ2v) is 5.73. The second-order valence-electron chi connectivity index (χ2n) is 5.73. The largest absolute Gasteiger partial charge is 0.481 e. The van der Waals surface area contributed by atoms with Gasteiger partial charge in [0.2, 0.25) is 0 Å². The zero-order valence-corrected chi connectivity index (χ0v) is 8.85. The van der Waals surface area contributed by atoms with Crippen molar-refractivity contribution in [1.82, 2.24) is 0 Å². The van der Waals surface area contributed by atoms with E-state index in [0.29, 0.717) is 11.8 Å². The number of aliphatic carboxylic acids is 1. The third-order valence-corrected chi connectivity index (χ3v) is 4.94. The highest BCUT2D eigenvalue weighted by Gasteiger charge is 2.62. The van der Waals surface area contributed by atoms with Crippen molar-refractivity contribution >= 4 is 5.97 Å². The van der Waals surface area contributed by atoms with E-state index in [1.165, 1.54) is 6.42 Å². The first-order valence-electron chi connectivity index (χ1n) is 6.05. The Morgan fingerprint density at radius 3 is 2.33 bits per heavy atom. The molecular weight excluding hydrogens is 192 g/mol. The number of aliphatic hydroxyl groups excluding tert-OH is 1. The molecule has 0 aromatic carbocycles. The van der Waals surface area contributed by atoms with Gasteiger partial charge in [-0.05, 0) is 43.9 Å². The average Bonchev–Trinajstić information content (AvgIpc) is 2.63. The van der Waals surface area contributed by atoms with Crippen LogP contribution >= 0.6 is 0 Å². The molecule has 0 radical (unpaired) electrons. The number of carbonyl (C=O) groups is 1. The molecule has 3 aliphatic rings. The fourth-order valence-corrected chi connectivity index (χ4v) is 4.05. The summed E-state index contributed by atoms with van der Waals surface area (Å²) in [4.78, 5) is 11.5. The van der Waals surface area contributed by atoms with Gasteiger partial charge in [-0.15, -0.1) is 0 Å². The van der Waals surface area contributed by atoms with E-state index < -0.39 is 11.4 Å². The van der Waals surface area contributed by atoms with Crippen LogP contribution in [0.25, 0.3) is 0 Å². The van der Waals surface area contributed by atoms with Crippen molar-refractivity contribution in [3.05, 3.63) is 0 Å². The molecule has 0 spiro atoms. The quantitative estimate of drug-likeness (QED) is 0.728. The smallest absolute Gasteiger partial charge is 0.310 e. The van der Waals surface area contributed by atoms with Crippen LogP contribution in [0.15, 0.2) is 0 Å².